The standard InChI is InChI=1S/C9H14N2O2/c12-5-4-11-3-1-2-7-8(11)6-10-9(7)13/h5,7-8H,1-4,6H2,(H,10,13). The molecule has 2 saturated heterocycles. The van der Waals surface area contributed by atoms with Crippen LogP contribution in [0.4, 0.5) is 0 Å². The van der Waals surface area contributed by atoms with Gasteiger partial charge in [-0.15, -0.1) is 0 Å². The number of aldehydes is 1. The molecule has 2 heterocycles. The Labute approximate surface area is 77.3 Å². The van der Waals surface area contributed by atoms with Gasteiger partial charge in [-0.2, -0.15) is 0 Å². The minimum absolute atomic E-state index is 0.133. The van der Waals surface area contributed by atoms with Crippen molar-refractivity contribution in [2.45, 2.75) is 18.9 Å². The first-order valence-corrected chi connectivity index (χ1v) is 4.78. The summed E-state index contributed by atoms with van der Waals surface area (Å²) in [7, 11) is 0. The van der Waals surface area contributed by atoms with E-state index >= 15 is 0 Å². The normalized spacial score (nSPS) is 34.0. The Balaban J connectivity index is 2.06. The first kappa shape index (κ1) is 8.69. The van der Waals surface area contributed by atoms with Crippen molar-refractivity contribution in [3.63, 3.8) is 0 Å². The van der Waals surface area contributed by atoms with Gasteiger partial charge in [-0.1, -0.05) is 0 Å². The molecule has 1 N–H and O–H groups in total. The molecule has 0 saturated carbocycles. The predicted octanol–water partition coefficient (Wildman–Crippen LogP) is -0.604. The fourth-order valence-corrected chi connectivity index (χ4v) is 2.36. The number of hydrogen-bond acceptors (Lipinski definition) is 3. The summed E-state index contributed by atoms with van der Waals surface area (Å²) in [5, 5.41) is 2.85. The molecule has 2 aliphatic heterocycles. The molecule has 0 spiro atoms. The van der Waals surface area contributed by atoms with Crippen LogP contribution in [0.2, 0.25) is 0 Å². The SMILES string of the molecule is O=CCN1CCCC2C(=O)NCC21. The van der Waals surface area contributed by atoms with E-state index in [9.17, 15) is 9.59 Å². The molecule has 4 heteroatoms. The Morgan fingerprint density at radius 2 is 2.46 bits per heavy atom. The highest BCUT2D eigenvalue weighted by molar-refractivity contribution is 5.82. The second-order valence-electron chi connectivity index (χ2n) is 3.72. The van der Waals surface area contributed by atoms with Crippen LogP contribution in [0.1, 0.15) is 12.8 Å². The maximum absolute atomic E-state index is 11.3. The summed E-state index contributed by atoms with van der Waals surface area (Å²) in [6, 6.07) is 0.270. The van der Waals surface area contributed by atoms with Crippen molar-refractivity contribution in [2.75, 3.05) is 19.6 Å². The monoisotopic (exact) mass is 182 g/mol. The van der Waals surface area contributed by atoms with E-state index in [2.05, 4.69) is 10.2 Å². The van der Waals surface area contributed by atoms with E-state index in [0.29, 0.717) is 6.54 Å². The second kappa shape index (κ2) is 3.46. The minimum atomic E-state index is 0.133. The first-order valence-electron chi connectivity index (χ1n) is 4.78. The fourth-order valence-electron chi connectivity index (χ4n) is 2.36. The lowest BCUT2D eigenvalue weighted by molar-refractivity contribution is -0.124. The minimum Gasteiger partial charge on any atom is -0.354 e. The zero-order valence-corrected chi connectivity index (χ0v) is 7.53. The lowest BCUT2D eigenvalue weighted by atomic mass is 9.91. The van der Waals surface area contributed by atoms with Crippen LogP contribution in [0.25, 0.3) is 0 Å². The molecule has 4 nitrogen and oxygen atoms in total. The summed E-state index contributed by atoms with van der Waals surface area (Å²) >= 11 is 0. The van der Waals surface area contributed by atoms with Crippen LogP contribution in [0.3, 0.4) is 0 Å². The molecule has 1 amide bonds. The molecular weight excluding hydrogens is 168 g/mol. The van der Waals surface area contributed by atoms with Gasteiger partial charge in [0.25, 0.3) is 0 Å². The van der Waals surface area contributed by atoms with Crippen LogP contribution >= 0.6 is 0 Å². The van der Waals surface area contributed by atoms with Crippen LogP contribution in [-0.4, -0.2) is 42.8 Å². The maximum Gasteiger partial charge on any atom is 0.224 e. The van der Waals surface area contributed by atoms with Crippen LogP contribution < -0.4 is 5.32 Å². The lowest BCUT2D eigenvalue weighted by Gasteiger charge is -2.34. The van der Waals surface area contributed by atoms with E-state index in [1.807, 2.05) is 0 Å². The van der Waals surface area contributed by atoms with Gasteiger partial charge in [0.2, 0.25) is 5.91 Å². The number of rotatable bonds is 2. The van der Waals surface area contributed by atoms with Crippen LogP contribution in [0, 0.1) is 5.92 Å². The van der Waals surface area contributed by atoms with Crippen molar-refractivity contribution < 1.29 is 9.59 Å². The molecule has 0 aromatic carbocycles. The molecular formula is C9H14N2O2. The van der Waals surface area contributed by atoms with Gasteiger partial charge in [0.05, 0.1) is 12.5 Å². The molecule has 0 aliphatic carbocycles. The quantitative estimate of drug-likeness (QED) is 0.580. The first-order chi connectivity index (χ1) is 6.33. The van der Waals surface area contributed by atoms with Crippen molar-refractivity contribution in [3.8, 4) is 0 Å². The average molecular weight is 182 g/mol. The number of amides is 1. The number of hydrogen-bond donors (Lipinski definition) is 1. The molecule has 72 valence electrons. The fraction of sp³-hybridized carbons (Fsp3) is 0.778. The molecule has 2 atom stereocenters. The van der Waals surface area contributed by atoms with E-state index in [1.54, 1.807) is 0 Å². The van der Waals surface area contributed by atoms with Crippen molar-refractivity contribution in [2.24, 2.45) is 5.92 Å². The van der Waals surface area contributed by atoms with E-state index in [4.69, 9.17) is 0 Å². The third kappa shape index (κ3) is 1.46. The van der Waals surface area contributed by atoms with Crippen LogP contribution in [0.15, 0.2) is 0 Å². The number of carbonyl (C=O) groups excluding carboxylic acids is 2. The maximum atomic E-state index is 11.3. The van der Waals surface area contributed by atoms with E-state index in [0.717, 1.165) is 32.2 Å². The second-order valence-corrected chi connectivity index (χ2v) is 3.72. The summed E-state index contributed by atoms with van der Waals surface area (Å²) in [5.41, 5.74) is 0. The summed E-state index contributed by atoms with van der Waals surface area (Å²) in [5.74, 6) is 0.300. The molecule has 0 bridgehead atoms. The highest BCUT2D eigenvalue weighted by Crippen LogP contribution is 2.26. The van der Waals surface area contributed by atoms with Crippen LogP contribution in [-0.2, 0) is 9.59 Å². The largest absolute Gasteiger partial charge is 0.354 e. The molecule has 0 aromatic heterocycles. The molecule has 13 heavy (non-hydrogen) atoms. The van der Waals surface area contributed by atoms with Gasteiger partial charge in [0.15, 0.2) is 0 Å². The summed E-state index contributed by atoms with van der Waals surface area (Å²) < 4.78 is 0. The number of piperidine rings is 1. The Bertz CT molecular complexity index is 230. The summed E-state index contributed by atoms with van der Waals surface area (Å²) in [6.45, 7) is 2.14. The molecule has 0 aromatic rings. The molecule has 2 rings (SSSR count). The highest BCUT2D eigenvalue weighted by atomic mass is 16.2. The predicted molar refractivity (Wildman–Crippen MR) is 47.2 cm³/mol. The van der Waals surface area contributed by atoms with Crippen molar-refractivity contribution >= 4 is 12.2 Å². The third-order valence-electron chi connectivity index (χ3n) is 3.03. The van der Waals surface area contributed by atoms with Crippen molar-refractivity contribution in [1.29, 1.82) is 0 Å². The highest BCUT2D eigenvalue weighted by Gasteiger charge is 2.40. The van der Waals surface area contributed by atoms with Gasteiger partial charge < -0.3 is 10.1 Å². The Hall–Kier alpha value is -0.900. The molecule has 2 unspecified atom stereocenters. The van der Waals surface area contributed by atoms with E-state index < -0.39 is 0 Å². The number of nitrogens with zero attached hydrogens (tertiary/aromatic N) is 1. The van der Waals surface area contributed by atoms with Crippen LogP contribution in [0.5, 0.6) is 0 Å². The molecule has 0 radical (unpaired) electrons. The summed E-state index contributed by atoms with van der Waals surface area (Å²) in [4.78, 5) is 23.8. The Morgan fingerprint density at radius 1 is 1.62 bits per heavy atom. The van der Waals surface area contributed by atoms with Crippen molar-refractivity contribution in [1.82, 2.24) is 10.2 Å². The van der Waals surface area contributed by atoms with Gasteiger partial charge in [-0.3, -0.25) is 9.69 Å². The topological polar surface area (TPSA) is 49.4 Å². The number of nitrogens with one attached hydrogen (secondary N) is 1. The number of likely N-dealkylation sites (tertiary alicyclic amines) is 1. The Kier molecular flexibility index (Phi) is 2.31. The molecule has 2 aliphatic rings. The zero-order valence-electron chi connectivity index (χ0n) is 7.53. The van der Waals surface area contributed by atoms with Crippen molar-refractivity contribution in [3.05, 3.63) is 0 Å². The zero-order chi connectivity index (χ0) is 9.26. The van der Waals surface area contributed by atoms with E-state index in [-0.39, 0.29) is 17.9 Å². The Morgan fingerprint density at radius 3 is 3.23 bits per heavy atom. The lowest BCUT2D eigenvalue weighted by Crippen LogP contribution is -2.46. The van der Waals surface area contributed by atoms with Gasteiger partial charge in [0, 0.05) is 12.6 Å². The number of carbonyl (C=O) groups is 2. The van der Waals surface area contributed by atoms with Gasteiger partial charge in [-0.05, 0) is 19.4 Å². The van der Waals surface area contributed by atoms with Gasteiger partial charge in [-0.25, -0.2) is 0 Å². The third-order valence-corrected chi connectivity index (χ3v) is 3.03. The molecule has 2 fully saturated rings. The smallest absolute Gasteiger partial charge is 0.224 e. The average Bonchev–Trinajstić information content (AvgIpc) is 2.50. The van der Waals surface area contributed by atoms with E-state index in [1.165, 1.54) is 0 Å². The van der Waals surface area contributed by atoms with Gasteiger partial charge >= 0.3 is 0 Å². The number of fused-ring (bicyclic) bond motifs is 1. The van der Waals surface area contributed by atoms with Gasteiger partial charge in [0.1, 0.15) is 6.29 Å². The summed E-state index contributed by atoms with van der Waals surface area (Å²) in [6.07, 6.45) is 2.93.